The number of aliphatic imine (C=N–C) groups is 1. The van der Waals surface area contributed by atoms with E-state index >= 15 is 0 Å². The van der Waals surface area contributed by atoms with Gasteiger partial charge in [-0.15, -0.1) is 0 Å². The number of anilines is 1. The lowest BCUT2D eigenvalue weighted by molar-refractivity contribution is 0.267. The van der Waals surface area contributed by atoms with Crippen molar-refractivity contribution in [1.82, 2.24) is 0 Å². The van der Waals surface area contributed by atoms with Crippen molar-refractivity contribution < 1.29 is 5.11 Å². The van der Waals surface area contributed by atoms with E-state index in [9.17, 15) is 5.11 Å². The van der Waals surface area contributed by atoms with Gasteiger partial charge in [-0.2, -0.15) is 0 Å². The topological polar surface area (TPSA) is 44.6 Å². The molecular weight excluding hydrogens is 164 g/mol. The lowest BCUT2D eigenvalue weighted by Gasteiger charge is -2.22. The number of benzene rings is 1. The molecule has 0 saturated heterocycles. The monoisotopic (exact) mass is 176 g/mol. The first-order chi connectivity index (χ1) is 6.31. The zero-order valence-corrected chi connectivity index (χ0v) is 7.49. The number of hydrogen-bond donors (Lipinski definition) is 2. The molecule has 0 radical (unpaired) electrons. The van der Waals surface area contributed by atoms with Gasteiger partial charge in [0.1, 0.15) is 0 Å². The standard InChI is InChI=1S/C10H12N2O/c1-2-7-10(13)12-9-6-4-3-5-8(9)11-7/h3-6,10,12-13H,2H2,1H3. The van der Waals surface area contributed by atoms with Crippen LogP contribution in [-0.2, 0) is 0 Å². The molecule has 0 aliphatic carbocycles. The van der Waals surface area contributed by atoms with Crippen molar-refractivity contribution in [3.8, 4) is 0 Å². The highest BCUT2D eigenvalue weighted by atomic mass is 16.3. The second-order valence-electron chi connectivity index (χ2n) is 3.02. The van der Waals surface area contributed by atoms with Crippen molar-refractivity contribution in [2.45, 2.75) is 19.6 Å². The molecule has 1 aliphatic heterocycles. The van der Waals surface area contributed by atoms with Crippen LogP contribution in [0.5, 0.6) is 0 Å². The van der Waals surface area contributed by atoms with Crippen LogP contribution in [0.4, 0.5) is 11.4 Å². The summed E-state index contributed by atoms with van der Waals surface area (Å²) >= 11 is 0. The molecule has 1 aliphatic rings. The van der Waals surface area contributed by atoms with E-state index < -0.39 is 6.23 Å². The fraction of sp³-hybridized carbons (Fsp3) is 0.300. The number of hydrogen-bond acceptors (Lipinski definition) is 3. The quantitative estimate of drug-likeness (QED) is 0.686. The summed E-state index contributed by atoms with van der Waals surface area (Å²) in [6, 6.07) is 7.71. The average molecular weight is 176 g/mol. The van der Waals surface area contributed by atoms with Gasteiger partial charge in [-0.05, 0) is 18.6 Å². The van der Waals surface area contributed by atoms with Crippen molar-refractivity contribution in [3.63, 3.8) is 0 Å². The smallest absolute Gasteiger partial charge is 0.164 e. The number of aliphatic hydroxyl groups is 1. The summed E-state index contributed by atoms with van der Waals surface area (Å²) in [6.45, 7) is 1.98. The molecule has 0 aromatic heterocycles. The van der Waals surface area contributed by atoms with E-state index in [1.54, 1.807) is 0 Å². The third-order valence-corrected chi connectivity index (χ3v) is 2.14. The number of para-hydroxylation sites is 2. The molecule has 68 valence electrons. The van der Waals surface area contributed by atoms with Gasteiger partial charge in [0.2, 0.25) is 0 Å². The van der Waals surface area contributed by atoms with Crippen LogP contribution >= 0.6 is 0 Å². The van der Waals surface area contributed by atoms with Gasteiger partial charge in [0.15, 0.2) is 6.23 Å². The molecule has 0 saturated carbocycles. The third-order valence-electron chi connectivity index (χ3n) is 2.14. The molecule has 0 spiro atoms. The maximum absolute atomic E-state index is 9.57. The fourth-order valence-corrected chi connectivity index (χ4v) is 1.41. The predicted molar refractivity (Wildman–Crippen MR) is 53.5 cm³/mol. The predicted octanol–water partition coefficient (Wildman–Crippen LogP) is 1.91. The summed E-state index contributed by atoms with van der Waals surface area (Å²) < 4.78 is 0. The van der Waals surface area contributed by atoms with Crippen molar-refractivity contribution in [2.75, 3.05) is 5.32 Å². The molecular formula is C10H12N2O. The molecule has 1 atom stereocenters. The fourth-order valence-electron chi connectivity index (χ4n) is 1.41. The van der Waals surface area contributed by atoms with Crippen molar-refractivity contribution in [1.29, 1.82) is 0 Å². The molecule has 0 amide bonds. The van der Waals surface area contributed by atoms with Crippen LogP contribution in [0.25, 0.3) is 0 Å². The maximum atomic E-state index is 9.57. The second-order valence-corrected chi connectivity index (χ2v) is 3.02. The Morgan fingerprint density at radius 2 is 2.23 bits per heavy atom. The Bertz CT molecular complexity index is 347. The normalized spacial score (nSPS) is 20.2. The van der Waals surface area contributed by atoms with E-state index in [-0.39, 0.29) is 0 Å². The number of rotatable bonds is 1. The highest BCUT2D eigenvalue weighted by Gasteiger charge is 2.17. The Balaban J connectivity index is 2.44. The molecule has 1 aromatic carbocycles. The highest BCUT2D eigenvalue weighted by molar-refractivity contribution is 5.96. The summed E-state index contributed by atoms with van der Waals surface area (Å²) in [7, 11) is 0. The van der Waals surface area contributed by atoms with Crippen LogP contribution in [0, 0.1) is 0 Å². The Kier molecular flexibility index (Phi) is 2.02. The maximum Gasteiger partial charge on any atom is 0.164 e. The molecule has 1 unspecified atom stereocenters. The first kappa shape index (κ1) is 8.26. The zero-order valence-electron chi connectivity index (χ0n) is 7.49. The Morgan fingerprint density at radius 3 is 3.00 bits per heavy atom. The minimum absolute atomic E-state index is 0.625. The Labute approximate surface area is 77.1 Å². The highest BCUT2D eigenvalue weighted by Crippen LogP contribution is 2.29. The van der Waals surface area contributed by atoms with Gasteiger partial charge in [0, 0.05) is 0 Å². The van der Waals surface area contributed by atoms with E-state index in [4.69, 9.17) is 0 Å². The molecule has 1 aromatic rings. The Morgan fingerprint density at radius 1 is 1.46 bits per heavy atom. The first-order valence-electron chi connectivity index (χ1n) is 4.42. The van der Waals surface area contributed by atoms with E-state index in [0.29, 0.717) is 0 Å². The SMILES string of the molecule is CCC1=Nc2ccccc2NC1O. The Hall–Kier alpha value is -1.35. The van der Waals surface area contributed by atoms with Crippen LogP contribution in [-0.4, -0.2) is 17.0 Å². The van der Waals surface area contributed by atoms with E-state index in [0.717, 1.165) is 23.5 Å². The molecule has 13 heavy (non-hydrogen) atoms. The van der Waals surface area contributed by atoms with Crippen LogP contribution in [0.3, 0.4) is 0 Å². The minimum atomic E-state index is -0.625. The van der Waals surface area contributed by atoms with Gasteiger partial charge in [-0.3, -0.25) is 4.99 Å². The van der Waals surface area contributed by atoms with E-state index in [1.165, 1.54) is 0 Å². The van der Waals surface area contributed by atoms with Gasteiger partial charge < -0.3 is 10.4 Å². The van der Waals surface area contributed by atoms with Crippen molar-refractivity contribution in [3.05, 3.63) is 24.3 Å². The van der Waals surface area contributed by atoms with Gasteiger partial charge >= 0.3 is 0 Å². The van der Waals surface area contributed by atoms with Gasteiger partial charge in [-0.1, -0.05) is 19.1 Å². The van der Waals surface area contributed by atoms with Crippen LogP contribution < -0.4 is 5.32 Å². The largest absolute Gasteiger partial charge is 0.368 e. The van der Waals surface area contributed by atoms with E-state index in [2.05, 4.69) is 10.3 Å². The van der Waals surface area contributed by atoms with Gasteiger partial charge in [-0.25, -0.2) is 0 Å². The molecule has 3 nitrogen and oxygen atoms in total. The summed E-state index contributed by atoms with van der Waals surface area (Å²) in [5, 5.41) is 12.6. The number of aliphatic hydroxyl groups excluding tert-OH is 1. The van der Waals surface area contributed by atoms with Crippen molar-refractivity contribution >= 4 is 17.1 Å². The third kappa shape index (κ3) is 1.42. The zero-order chi connectivity index (χ0) is 9.26. The summed E-state index contributed by atoms with van der Waals surface area (Å²) in [4.78, 5) is 4.35. The van der Waals surface area contributed by atoms with E-state index in [1.807, 2.05) is 31.2 Å². The van der Waals surface area contributed by atoms with Gasteiger partial charge in [0.05, 0.1) is 17.1 Å². The molecule has 2 rings (SSSR count). The first-order valence-corrected chi connectivity index (χ1v) is 4.42. The molecule has 0 bridgehead atoms. The number of nitrogens with zero attached hydrogens (tertiary/aromatic N) is 1. The number of fused-ring (bicyclic) bond motifs is 1. The molecule has 1 heterocycles. The average Bonchev–Trinajstić information content (AvgIpc) is 2.17. The van der Waals surface area contributed by atoms with Crippen molar-refractivity contribution in [2.24, 2.45) is 4.99 Å². The molecule has 0 fully saturated rings. The molecule has 3 heteroatoms. The van der Waals surface area contributed by atoms with Crippen LogP contribution in [0.2, 0.25) is 0 Å². The summed E-state index contributed by atoms with van der Waals surface area (Å²) in [6.07, 6.45) is 0.141. The minimum Gasteiger partial charge on any atom is -0.368 e. The second kappa shape index (κ2) is 3.18. The lowest BCUT2D eigenvalue weighted by atomic mass is 10.1. The summed E-state index contributed by atoms with van der Waals surface area (Å²) in [5.74, 6) is 0. The lowest BCUT2D eigenvalue weighted by Crippen LogP contribution is -2.30. The number of nitrogens with one attached hydrogen (secondary N) is 1. The van der Waals surface area contributed by atoms with Crippen LogP contribution in [0.15, 0.2) is 29.3 Å². The van der Waals surface area contributed by atoms with Gasteiger partial charge in [0.25, 0.3) is 0 Å². The summed E-state index contributed by atoms with van der Waals surface area (Å²) in [5.41, 5.74) is 2.59. The van der Waals surface area contributed by atoms with Crippen LogP contribution in [0.1, 0.15) is 13.3 Å². The molecule has 2 N–H and O–H groups in total.